The van der Waals surface area contributed by atoms with E-state index in [1.807, 2.05) is 37.3 Å². The van der Waals surface area contributed by atoms with Gasteiger partial charge in [0.25, 0.3) is 0 Å². The lowest BCUT2D eigenvalue weighted by atomic mass is 10.1. The van der Waals surface area contributed by atoms with Crippen LogP contribution in [0.1, 0.15) is 31.0 Å². The van der Waals surface area contributed by atoms with Gasteiger partial charge in [0.05, 0.1) is 12.5 Å². The van der Waals surface area contributed by atoms with Gasteiger partial charge in [0.15, 0.2) is 0 Å². The molecule has 0 aliphatic carbocycles. The predicted octanol–water partition coefficient (Wildman–Crippen LogP) is 3.72. The van der Waals surface area contributed by atoms with E-state index in [0.717, 1.165) is 11.1 Å². The SMILES string of the molecule is CC(=O)Nc1ccc(CC(=O)NC(C)c2cccc(Cl)c2)cc1. The molecule has 0 saturated carbocycles. The van der Waals surface area contributed by atoms with E-state index in [4.69, 9.17) is 11.6 Å². The largest absolute Gasteiger partial charge is 0.349 e. The van der Waals surface area contributed by atoms with Crippen molar-refractivity contribution in [1.29, 1.82) is 0 Å². The summed E-state index contributed by atoms with van der Waals surface area (Å²) in [5, 5.41) is 6.29. The lowest BCUT2D eigenvalue weighted by Gasteiger charge is -2.15. The molecule has 2 aromatic carbocycles. The minimum absolute atomic E-state index is 0.0650. The van der Waals surface area contributed by atoms with Crippen molar-refractivity contribution in [1.82, 2.24) is 5.32 Å². The minimum atomic E-state index is -0.120. The fourth-order valence-corrected chi connectivity index (χ4v) is 2.45. The zero-order chi connectivity index (χ0) is 16.8. The third-order valence-electron chi connectivity index (χ3n) is 3.37. The van der Waals surface area contributed by atoms with Crippen molar-refractivity contribution in [2.75, 3.05) is 5.32 Å². The molecule has 2 rings (SSSR count). The molecule has 5 heteroatoms. The molecule has 120 valence electrons. The Morgan fingerprint density at radius 3 is 2.43 bits per heavy atom. The molecular weight excluding hydrogens is 312 g/mol. The van der Waals surface area contributed by atoms with E-state index < -0.39 is 0 Å². The summed E-state index contributed by atoms with van der Waals surface area (Å²) in [6, 6.07) is 14.5. The number of rotatable bonds is 5. The van der Waals surface area contributed by atoms with Gasteiger partial charge in [0.2, 0.25) is 11.8 Å². The van der Waals surface area contributed by atoms with Gasteiger partial charge < -0.3 is 10.6 Å². The zero-order valence-electron chi connectivity index (χ0n) is 13.1. The molecule has 1 unspecified atom stereocenters. The molecule has 0 bridgehead atoms. The van der Waals surface area contributed by atoms with Crippen LogP contribution in [-0.2, 0) is 16.0 Å². The first-order chi connectivity index (χ1) is 10.9. The van der Waals surface area contributed by atoms with E-state index in [1.54, 1.807) is 18.2 Å². The summed E-state index contributed by atoms with van der Waals surface area (Å²) in [5.74, 6) is -0.185. The highest BCUT2D eigenvalue weighted by Gasteiger charge is 2.10. The molecule has 0 saturated heterocycles. The van der Waals surface area contributed by atoms with Gasteiger partial charge in [0, 0.05) is 17.6 Å². The molecule has 0 fully saturated rings. The van der Waals surface area contributed by atoms with Gasteiger partial charge in [-0.3, -0.25) is 9.59 Å². The Labute approximate surface area is 140 Å². The van der Waals surface area contributed by atoms with Gasteiger partial charge in [-0.05, 0) is 42.3 Å². The third kappa shape index (κ3) is 5.42. The smallest absolute Gasteiger partial charge is 0.224 e. The number of hydrogen-bond acceptors (Lipinski definition) is 2. The van der Waals surface area contributed by atoms with E-state index in [9.17, 15) is 9.59 Å². The van der Waals surface area contributed by atoms with Crippen molar-refractivity contribution in [3.8, 4) is 0 Å². The predicted molar refractivity (Wildman–Crippen MR) is 92.5 cm³/mol. The van der Waals surface area contributed by atoms with Crippen LogP contribution in [0.25, 0.3) is 0 Å². The second-order valence-electron chi connectivity index (χ2n) is 5.40. The van der Waals surface area contributed by atoms with Crippen LogP contribution in [0.3, 0.4) is 0 Å². The molecule has 0 radical (unpaired) electrons. The topological polar surface area (TPSA) is 58.2 Å². The van der Waals surface area contributed by atoms with E-state index in [0.29, 0.717) is 10.7 Å². The summed E-state index contributed by atoms with van der Waals surface area (Å²) in [6.45, 7) is 3.38. The van der Waals surface area contributed by atoms with Crippen LogP contribution in [0.4, 0.5) is 5.69 Å². The van der Waals surface area contributed by atoms with Gasteiger partial charge in [-0.1, -0.05) is 35.9 Å². The fraction of sp³-hybridized carbons (Fsp3) is 0.222. The van der Waals surface area contributed by atoms with E-state index >= 15 is 0 Å². The van der Waals surface area contributed by atoms with Gasteiger partial charge in [-0.2, -0.15) is 0 Å². The molecule has 0 aliphatic rings. The second-order valence-corrected chi connectivity index (χ2v) is 5.84. The van der Waals surface area contributed by atoms with E-state index in [-0.39, 0.29) is 24.3 Å². The zero-order valence-corrected chi connectivity index (χ0v) is 13.9. The Kier molecular flexibility index (Phi) is 5.77. The summed E-state index contributed by atoms with van der Waals surface area (Å²) in [4.78, 5) is 23.1. The van der Waals surface area contributed by atoms with E-state index in [2.05, 4.69) is 10.6 Å². The van der Waals surface area contributed by atoms with Crippen LogP contribution in [0, 0.1) is 0 Å². The molecule has 1 atom stereocenters. The second kappa shape index (κ2) is 7.79. The summed E-state index contributed by atoms with van der Waals surface area (Å²) < 4.78 is 0. The standard InChI is InChI=1S/C18H19ClN2O2/c1-12(15-4-3-5-16(19)11-15)20-18(23)10-14-6-8-17(9-7-14)21-13(2)22/h3-9,11-12H,10H2,1-2H3,(H,20,23)(H,21,22). The lowest BCUT2D eigenvalue weighted by molar-refractivity contribution is -0.121. The molecule has 0 aliphatic heterocycles. The van der Waals surface area contributed by atoms with Crippen LogP contribution < -0.4 is 10.6 Å². The Hall–Kier alpha value is -2.33. The number of anilines is 1. The highest BCUT2D eigenvalue weighted by Crippen LogP contribution is 2.17. The maximum atomic E-state index is 12.1. The molecule has 0 aromatic heterocycles. The Bertz CT molecular complexity index is 698. The molecule has 4 nitrogen and oxygen atoms in total. The van der Waals surface area contributed by atoms with Gasteiger partial charge in [-0.25, -0.2) is 0 Å². The fourth-order valence-electron chi connectivity index (χ4n) is 2.25. The molecule has 23 heavy (non-hydrogen) atoms. The van der Waals surface area contributed by atoms with Crippen molar-refractivity contribution in [3.05, 3.63) is 64.7 Å². The summed E-state index contributed by atoms with van der Waals surface area (Å²) in [7, 11) is 0. The summed E-state index contributed by atoms with van der Waals surface area (Å²) >= 11 is 5.96. The van der Waals surface area contributed by atoms with Crippen LogP contribution in [0.5, 0.6) is 0 Å². The number of nitrogens with one attached hydrogen (secondary N) is 2. The normalized spacial score (nSPS) is 11.6. The number of carbonyl (C=O) groups excluding carboxylic acids is 2. The first kappa shape index (κ1) is 17.0. The number of amides is 2. The Balaban J connectivity index is 1.92. The first-order valence-corrected chi connectivity index (χ1v) is 7.73. The first-order valence-electron chi connectivity index (χ1n) is 7.35. The van der Waals surface area contributed by atoms with Gasteiger partial charge in [0.1, 0.15) is 0 Å². The maximum absolute atomic E-state index is 12.1. The number of benzene rings is 2. The highest BCUT2D eigenvalue weighted by atomic mass is 35.5. The van der Waals surface area contributed by atoms with Crippen molar-refractivity contribution in [2.45, 2.75) is 26.3 Å². The molecular formula is C18H19ClN2O2. The minimum Gasteiger partial charge on any atom is -0.349 e. The van der Waals surface area contributed by atoms with Crippen LogP contribution in [-0.4, -0.2) is 11.8 Å². The van der Waals surface area contributed by atoms with Crippen molar-refractivity contribution >= 4 is 29.1 Å². The monoisotopic (exact) mass is 330 g/mol. The molecule has 0 heterocycles. The number of hydrogen-bond donors (Lipinski definition) is 2. The average Bonchev–Trinajstić information content (AvgIpc) is 2.48. The van der Waals surface area contributed by atoms with Crippen LogP contribution in [0.15, 0.2) is 48.5 Å². The Morgan fingerprint density at radius 2 is 1.83 bits per heavy atom. The van der Waals surface area contributed by atoms with Crippen LogP contribution in [0.2, 0.25) is 5.02 Å². The molecule has 2 aromatic rings. The van der Waals surface area contributed by atoms with Gasteiger partial charge >= 0.3 is 0 Å². The average molecular weight is 331 g/mol. The summed E-state index contributed by atoms with van der Waals surface area (Å²) in [5.41, 5.74) is 2.57. The maximum Gasteiger partial charge on any atom is 0.224 e. The Morgan fingerprint density at radius 1 is 1.13 bits per heavy atom. The quantitative estimate of drug-likeness (QED) is 0.877. The van der Waals surface area contributed by atoms with Crippen molar-refractivity contribution in [3.63, 3.8) is 0 Å². The molecule has 0 spiro atoms. The number of carbonyl (C=O) groups is 2. The van der Waals surface area contributed by atoms with Crippen molar-refractivity contribution < 1.29 is 9.59 Å². The van der Waals surface area contributed by atoms with Crippen LogP contribution >= 0.6 is 11.6 Å². The van der Waals surface area contributed by atoms with Gasteiger partial charge in [-0.15, -0.1) is 0 Å². The summed E-state index contributed by atoms with van der Waals surface area (Å²) in [6.07, 6.45) is 0.283. The molecule has 2 N–H and O–H groups in total. The van der Waals surface area contributed by atoms with Crippen molar-refractivity contribution in [2.24, 2.45) is 0 Å². The number of halogens is 1. The third-order valence-corrected chi connectivity index (χ3v) is 3.60. The highest BCUT2D eigenvalue weighted by molar-refractivity contribution is 6.30. The molecule has 2 amide bonds. The van der Waals surface area contributed by atoms with E-state index in [1.165, 1.54) is 6.92 Å². The lowest BCUT2D eigenvalue weighted by Crippen LogP contribution is -2.28.